The Morgan fingerprint density at radius 3 is 2.89 bits per heavy atom. The molecule has 0 radical (unpaired) electrons. The molecule has 5 heteroatoms. The van der Waals surface area contributed by atoms with Gasteiger partial charge in [0.05, 0.1) is 5.56 Å². The van der Waals surface area contributed by atoms with Crippen LogP contribution >= 0.6 is 0 Å². The van der Waals surface area contributed by atoms with E-state index in [0.717, 1.165) is 12.8 Å². The molecule has 2 rings (SSSR count). The van der Waals surface area contributed by atoms with Crippen molar-refractivity contribution < 1.29 is 15.0 Å². The minimum Gasteiger partial charge on any atom is -0.504 e. The third-order valence-electron chi connectivity index (χ3n) is 3.85. The highest BCUT2D eigenvalue weighted by atomic mass is 16.3. The summed E-state index contributed by atoms with van der Waals surface area (Å²) < 4.78 is 0. The fourth-order valence-electron chi connectivity index (χ4n) is 2.54. The predicted molar refractivity (Wildman–Crippen MR) is 72.0 cm³/mol. The van der Waals surface area contributed by atoms with E-state index in [2.05, 4.69) is 6.92 Å². The van der Waals surface area contributed by atoms with Crippen LogP contribution in [0.25, 0.3) is 0 Å². The Bertz CT molecular complexity index is 476. The van der Waals surface area contributed by atoms with Gasteiger partial charge in [0.2, 0.25) is 0 Å². The van der Waals surface area contributed by atoms with Gasteiger partial charge < -0.3 is 20.8 Å². The number of hydrogen-bond donors (Lipinski definition) is 3. The minimum absolute atomic E-state index is 0.131. The number of rotatable bonds is 2. The van der Waals surface area contributed by atoms with E-state index < -0.39 is 0 Å². The Morgan fingerprint density at radius 1 is 1.47 bits per heavy atom. The van der Waals surface area contributed by atoms with E-state index in [0.29, 0.717) is 13.1 Å². The van der Waals surface area contributed by atoms with Crippen molar-refractivity contribution in [2.45, 2.75) is 25.8 Å². The van der Waals surface area contributed by atoms with Crippen LogP contribution in [0, 0.1) is 5.92 Å². The standard InChI is InChI=1S/C14H20N2O3/c1-2-9-8-16(7-6-11(9)15)14(19)10-4-3-5-12(17)13(10)18/h3-5,9,11,17-18H,2,6-8,15H2,1H3. The van der Waals surface area contributed by atoms with Crippen LogP contribution in [0.5, 0.6) is 11.5 Å². The topological polar surface area (TPSA) is 86.8 Å². The van der Waals surface area contributed by atoms with E-state index in [4.69, 9.17) is 5.73 Å². The lowest BCUT2D eigenvalue weighted by Crippen LogP contribution is -2.49. The first-order chi connectivity index (χ1) is 9.04. The third kappa shape index (κ3) is 2.66. The maximum Gasteiger partial charge on any atom is 0.257 e. The fourth-order valence-corrected chi connectivity index (χ4v) is 2.54. The Morgan fingerprint density at radius 2 is 2.21 bits per heavy atom. The zero-order valence-corrected chi connectivity index (χ0v) is 11.0. The molecule has 1 amide bonds. The first kappa shape index (κ1) is 13.7. The van der Waals surface area contributed by atoms with Gasteiger partial charge in [-0.2, -0.15) is 0 Å². The second-order valence-corrected chi connectivity index (χ2v) is 5.05. The summed E-state index contributed by atoms with van der Waals surface area (Å²) in [5.41, 5.74) is 6.16. The number of nitrogens with zero attached hydrogens (tertiary/aromatic N) is 1. The highest BCUT2D eigenvalue weighted by Crippen LogP contribution is 2.30. The zero-order chi connectivity index (χ0) is 14.0. The number of para-hydroxylation sites is 1. The molecule has 0 aliphatic carbocycles. The van der Waals surface area contributed by atoms with Crippen LogP contribution in [0.4, 0.5) is 0 Å². The predicted octanol–water partition coefficient (Wildman–Crippen LogP) is 1.30. The van der Waals surface area contributed by atoms with Gasteiger partial charge >= 0.3 is 0 Å². The van der Waals surface area contributed by atoms with E-state index in [9.17, 15) is 15.0 Å². The number of aromatic hydroxyl groups is 2. The molecule has 0 aromatic heterocycles. The lowest BCUT2D eigenvalue weighted by Gasteiger charge is -2.36. The Hall–Kier alpha value is -1.75. The number of likely N-dealkylation sites (tertiary alicyclic amines) is 1. The zero-order valence-electron chi connectivity index (χ0n) is 11.0. The highest BCUT2D eigenvalue weighted by molar-refractivity contribution is 5.97. The minimum atomic E-state index is -0.351. The molecule has 0 bridgehead atoms. The van der Waals surface area contributed by atoms with E-state index in [1.807, 2.05) is 0 Å². The van der Waals surface area contributed by atoms with Crippen molar-refractivity contribution in [3.05, 3.63) is 23.8 Å². The van der Waals surface area contributed by atoms with E-state index in [1.54, 1.807) is 11.0 Å². The molecule has 5 nitrogen and oxygen atoms in total. The number of carbonyl (C=O) groups excluding carboxylic acids is 1. The molecule has 2 atom stereocenters. The van der Waals surface area contributed by atoms with Crippen molar-refractivity contribution in [2.24, 2.45) is 11.7 Å². The molecular weight excluding hydrogens is 244 g/mol. The van der Waals surface area contributed by atoms with E-state index in [-0.39, 0.29) is 34.9 Å². The smallest absolute Gasteiger partial charge is 0.257 e. The molecule has 1 saturated heterocycles. The second-order valence-electron chi connectivity index (χ2n) is 5.05. The van der Waals surface area contributed by atoms with Crippen LogP contribution < -0.4 is 5.73 Å². The lowest BCUT2D eigenvalue weighted by molar-refractivity contribution is 0.0645. The molecule has 1 aromatic carbocycles. The van der Waals surface area contributed by atoms with E-state index in [1.165, 1.54) is 12.1 Å². The molecular formula is C14H20N2O3. The van der Waals surface area contributed by atoms with Crippen molar-refractivity contribution in [1.29, 1.82) is 0 Å². The van der Waals surface area contributed by atoms with Crippen LogP contribution in [0.15, 0.2) is 18.2 Å². The number of amides is 1. The van der Waals surface area contributed by atoms with Crippen molar-refractivity contribution in [3.63, 3.8) is 0 Å². The summed E-state index contributed by atoms with van der Waals surface area (Å²) in [4.78, 5) is 14.1. The molecule has 104 valence electrons. The van der Waals surface area contributed by atoms with Crippen LogP contribution in [0.1, 0.15) is 30.1 Å². The summed E-state index contributed by atoms with van der Waals surface area (Å²) >= 11 is 0. The summed E-state index contributed by atoms with van der Waals surface area (Å²) in [6, 6.07) is 4.56. The van der Waals surface area contributed by atoms with Gasteiger partial charge in [-0.15, -0.1) is 0 Å². The van der Waals surface area contributed by atoms with Gasteiger partial charge in [-0.1, -0.05) is 19.4 Å². The lowest BCUT2D eigenvalue weighted by atomic mass is 9.90. The van der Waals surface area contributed by atoms with Gasteiger partial charge in [0.15, 0.2) is 11.5 Å². The average Bonchev–Trinajstić information content (AvgIpc) is 2.41. The normalized spacial score (nSPS) is 23.4. The van der Waals surface area contributed by atoms with Crippen molar-refractivity contribution in [2.75, 3.05) is 13.1 Å². The van der Waals surface area contributed by atoms with Gasteiger partial charge in [0.1, 0.15) is 0 Å². The number of nitrogens with two attached hydrogens (primary N) is 1. The Balaban J connectivity index is 2.18. The van der Waals surface area contributed by atoms with Gasteiger partial charge in [0.25, 0.3) is 5.91 Å². The summed E-state index contributed by atoms with van der Waals surface area (Å²) in [5, 5.41) is 19.2. The van der Waals surface area contributed by atoms with E-state index >= 15 is 0 Å². The fraction of sp³-hybridized carbons (Fsp3) is 0.500. The molecule has 19 heavy (non-hydrogen) atoms. The third-order valence-corrected chi connectivity index (χ3v) is 3.85. The van der Waals surface area contributed by atoms with Crippen LogP contribution in [-0.4, -0.2) is 40.2 Å². The van der Waals surface area contributed by atoms with Crippen LogP contribution in [0.2, 0.25) is 0 Å². The average molecular weight is 264 g/mol. The van der Waals surface area contributed by atoms with Gasteiger partial charge in [0, 0.05) is 19.1 Å². The second kappa shape index (κ2) is 5.48. The summed E-state index contributed by atoms with van der Waals surface area (Å²) in [7, 11) is 0. The van der Waals surface area contributed by atoms with Crippen LogP contribution in [-0.2, 0) is 0 Å². The van der Waals surface area contributed by atoms with Crippen molar-refractivity contribution >= 4 is 5.91 Å². The van der Waals surface area contributed by atoms with Gasteiger partial charge in [-0.25, -0.2) is 0 Å². The van der Waals surface area contributed by atoms with Crippen LogP contribution in [0.3, 0.4) is 0 Å². The molecule has 4 N–H and O–H groups in total. The number of phenols is 2. The number of phenolic OH excluding ortho intramolecular Hbond substituents is 2. The number of piperidine rings is 1. The summed E-state index contributed by atoms with van der Waals surface area (Å²) in [6.07, 6.45) is 1.70. The number of carbonyl (C=O) groups is 1. The quantitative estimate of drug-likeness (QED) is 0.703. The number of hydrogen-bond acceptors (Lipinski definition) is 4. The maximum absolute atomic E-state index is 12.4. The van der Waals surface area contributed by atoms with Gasteiger partial charge in [-0.3, -0.25) is 4.79 Å². The molecule has 1 heterocycles. The largest absolute Gasteiger partial charge is 0.504 e. The molecule has 0 saturated carbocycles. The molecule has 0 spiro atoms. The first-order valence-corrected chi connectivity index (χ1v) is 6.60. The number of benzene rings is 1. The summed E-state index contributed by atoms with van der Waals surface area (Å²) in [5.74, 6) is -0.585. The Labute approximate surface area is 112 Å². The molecule has 1 aromatic rings. The van der Waals surface area contributed by atoms with Crippen molar-refractivity contribution in [3.8, 4) is 11.5 Å². The molecule has 1 aliphatic heterocycles. The van der Waals surface area contributed by atoms with Crippen molar-refractivity contribution in [1.82, 2.24) is 4.90 Å². The maximum atomic E-state index is 12.4. The molecule has 1 aliphatic rings. The Kier molecular flexibility index (Phi) is 3.95. The molecule has 2 unspecified atom stereocenters. The monoisotopic (exact) mass is 264 g/mol. The SMILES string of the molecule is CCC1CN(C(=O)c2cccc(O)c2O)CCC1N. The first-order valence-electron chi connectivity index (χ1n) is 6.60. The van der Waals surface area contributed by atoms with Gasteiger partial charge in [-0.05, 0) is 24.5 Å². The highest BCUT2D eigenvalue weighted by Gasteiger charge is 2.29. The molecule has 1 fully saturated rings. The summed E-state index contributed by atoms with van der Waals surface area (Å²) in [6.45, 7) is 3.25.